The molecule has 152 valence electrons. The van der Waals surface area contributed by atoms with Gasteiger partial charge in [-0.15, -0.1) is 0 Å². The molecule has 2 rings (SSSR count). The number of hydrogen-bond acceptors (Lipinski definition) is 4. The van der Waals surface area contributed by atoms with Gasteiger partial charge in [-0.3, -0.25) is 9.36 Å². The van der Waals surface area contributed by atoms with Crippen molar-refractivity contribution in [3.63, 3.8) is 0 Å². The number of benzene rings is 1. The van der Waals surface area contributed by atoms with Crippen molar-refractivity contribution in [1.29, 1.82) is 0 Å². The summed E-state index contributed by atoms with van der Waals surface area (Å²) < 4.78 is 21.5. The molecule has 0 aromatic heterocycles. The lowest BCUT2D eigenvalue weighted by atomic mass is 9.94. The largest absolute Gasteiger partial charge is 0.390 e. The molecule has 0 bridgehead atoms. The molecule has 5 nitrogen and oxygen atoms in total. The van der Waals surface area contributed by atoms with E-state index >= 15 is 0 Å². The summed E-state index contributed by atoms with van der Waals surface area (Å²) in [6.07, 6.45) is 8.93. The number of carbonyl (C=O) groups is 1. The quantitative estimate of drug-likeness (QED) is 0.285. The summed E-state index contributed by atoms with van der Waals surface area (Å²) in [5, 5.41) is 0. The highest BCUT2D eigenvalue weighted by Gasteiger charge is 2.28. The number of hydrogen-bond donors (Lipinski definition) is 1. The van der Waals surface area contributed by atoms with Crippen LogP contribution in [0.1, 0.15) is 68.9 Å². The van der Waals surface area contributed by atoms with Gasteiger partial charge in [0.25, 0.3) is 0 Å². The highest BCUT2D eigenvalue weighted by Crippen LogP contribution is 2.43. The summed E-state index contributed by atoms with van der Waals surface area (Å²) in [7, 11) is -4.03. The van der Waals surface area contributed by atoms with Crippen LogP contribution in [0.15, 0.2) is 24.3 Å². The molecule has 1 aliphatic rings. The molecule has 0 radical (unpaired) electrons. The zero-order chi connectivity index (χ0) is 19.5. The van der Waals surface area contributed by atoms with Gasteiger partial charge in [-0.25, -0.2) is 0 Å². The normalized spacial score (nSPS) is 21.9. The molecule has 1 aromatic rings. The Morgan fingerprint density at radius 1 is 1.15 bits per heavy atom. The smallest absolute Gasteiger partial charge is 0.382 e. The second kappa shape index (κ2) is 11.8. The van der Waals surface area contributed by atoms with Gasteiger partial charge < -0.3 is 14.2 Å². The Bertz CT molecular complexity index is 601. The van der Waals surface area contributed by atoms with Crippen LogP contribution in [0, 0.1) is 5.92 Å². The van der Waals surface area contributed by atoms with Crippen molar-refractivity contribution in [2.75, 3.05) is 19.8 Å². The molecule has 0 amide bonds. The third-order valence-corrected chi connectivity index (χ3v) is 6.11. The van der Waals surface area contributed by atoms with Crippen LogP contribution in [-0.4, -0.2) is 30.7 Å². The van der Waals surface area contributed by atoms with Gasteiger partial charge in [-0.05, 0) is 68.4 Å². The van der Waals surface area contributed by atoms with Crippen molar-refractivity contribution in [1.82, 2.24) is 0 Å². The van der Waals surface area contributed by atoms with E-state index in [2.05, 4.69) is 24.3 Å². The van der Waals surface area contributed by atoms with Gasteiger partial charge in [0.2, 0.25) is 6.03 Å². The number of rotatable bonds is 13. The molecule has 27 heavy (non-hydrogen) atoms. The minimum Gasteiger partial charge on any atom is -0.382 e. The molecule has 6 heteroatoms. The second-order valence-electron chi connectivity index (χ2n) is 7.44. The molecule has 1 aromatic carbocycles. The van der Waals surface area contributed by atoms with Crippen molar-refractivity contribution in [3.05, 3.63) is 35.4 Å². The van der Waals surface area contributed by atoms with Crippen LogP contribution in [-0.2, 0) is 25.0 Å². The molecule has 3 atom stereocenters. The second-order valence-corrected chi connectivity index (χ2v) is 9.04. The Kier molecular flexibility index (Phi) is 9.70. The summed E-state index contributed by atoms with van der Waals surface area (Å²) in [6, 6.07) is 8.92. The molecule has 0 aliphatic heterocycles. The number of aryl methyl sites for hydroxylation is 1. The molecular weight excluding hydrogens is 363 g/mol. The maximum atomic E-state index is 11.3. The maximum Gasteiger partial charge on any atom is 0.390 e. The van der Waals surface area contributed by atoms with Crippen molar-refractivity contribution < 1.29 is 23.5 Å². The fourth-order valence-corrected chi connectivity index (χ4v) is 4.24. The van der Waals surface area contributed by atoms with Crippen molar-refractivity contribution in [2.45, 2.75) is 64.2 Å². The summed E-state index contributed by atoms with van der Waals surface area (Å²) >= 11 is 0. The van der Waals surface area contributed by atoms with Gasteiger partial charge in [0.1, 0.15) is 0 Å². The van der Waals surface area contributed by atoms with E-state index in [0.29, 0.717) is 5.92 Å². The van der Waals surface area contributed by atoms with E-state index in [1.165, 1.54) is 30.4 Å². The first-order valence-corrected chi connectivity index (χ1v) is 11.8. The van der Waals surface area contributed by atoms with Gasteiger partial charge in [0, 0.05) is 13.2 Å². The summed E-state index contributed by atoms with van der Waals surface area (Å²) in [4.78, 5) is 19.7. The number of carbonyl (C=O) groups excluding carboxylic acids is 1. The third kappa shape index (κ3) is 8.27. The van der Waals surface area contributed by atoms with Gasteiger partial charge in [-0.1, -0.05) is 37.1 Å². The van der Waals surface area contributed by atoms with Crippen LogP contribution in [0.4, 0.5) is 0 Å². The summed E-state index contributed by atoms with van der Waals surface area (Å²) in [5.41, 5.74) is 2.72. The van der Waals surface area contributed by atoms with Crippen LogP contribution in [0.3, 0.4) is 0 Å². The Labute approximate surface area is 163 Å². The minimum atomic E-state index is -4.03. The Hall–Kier alpha value is -1.00. The van der Waals surface area contributed by atoms with Crippen molar-refractivity contribution >= 4 is 13.6 Å². The van der Waals surface area contributed by atoms with Gasteiger partial charge in [0.15, 0.2) is 0 Å². The standard InChI is InChI=1S/C21H33O5P/c1-2-25-14-6-4-3-5-7-18-8-11-20(12-9-18)21-13-10-19(15-21)16-26-27(23,24)17-22/h8-9,11-12,17,19,21H,2-7,10,13-16H2,1H3,(H,23,24). The third-order valence-electron chi connectivity index (χ3n) is 5.33. The zero-order valence-electron chi connectivity index (χ0n) is 16.3. The SMILES string of the molecule is CCOCCCCCCc1ccc(C2CCC(COP(=O)(O)C=O)C2)cc1. The van der Waals surface area contributed by atoms with E-state index in [1.807, 2.05) is 6.92 Å². The summed E-state index contributed by atoms with van der Waals surface area (Å²) in [5.74, 6) is 0.715. The first-order chi connectivity index (χ1) is 13.0. The van der Waals surface area contributed by atoms with E-state index in [1.54, 1.807) is 0 Å². The van der Waals surface area contributed by atoms with Crippen LogP contribution in [0.5, 0.6) is 0 Å². The van der Waals surface area contributed by atoms with Crippen molar-refractivity contribution in [2.24, 2.45) is 5.92 Å². The zero-order valence-corrected chi connectivity index (χ0v) is 17.2. The van der Waals surface area contributed by atoms with Gasteiger partial charge in [0.05, 0.1) is 6.61 Å². The Morgan fingerprint density at radius 3 is 2.59 bits per heavy atom. The van der Waals surface area contributed by atoms with E-state index in [4.69, 9.17) is 9.26 Å². The first kappa shape index (κ1) is 22.3. The molecule has 1 saturated carbocycles. The topological polar surface area (TPSA) is 72.8 Å². The van der Waals surface area contributed by atoms with E-state index in [-0.39, 0.29) is 18.6 Å². The monoisotopic (exact) mass is 396 g/mol. The van der Waals surface area contributed by atoms with Gasteiger partial charge >= 0.3 is 7.60 Å². The molecule has 0 spiro atoms. The molecule has 0 heterocycles. The van der Waals surface area contributed by atoms with E-state index in [0.717, 1.165) is 45.3 Å². The lowest BCUT2D eigenvalue weighted by Gasteiger charge is -2.13. The van der Waals surface area contributed by atoms with Gasteiger partial charge in [-0.2, -0.15) is 0 Å². The van der Waals surface area contributed by atoms with E-state index in [9.17, 15) is 14.3 Å². The first-order valence-electron chi connectivity index (χ1n) is 10.1. The fourth-order valence-electron chi connectivity index (χ4n) is 3.76. The van der Waals surface area contributed by atoms with Crippen LogP contribution >= 0.6 is 7.60 Å². The lowest BCUT2D eigenvalue weighted by Crippen LogP contribution is -2.05. The Balaban J connectivity index is 1.68. The van der Waals surface area contributed by atoms with Crippen LogP contribution < -0.4 is 0 Å². The number of unbranched alkanes of at least 4 members (excludes halogenated alkanes) is 3. The molecule has 1 fully saturated rings. The average molecular weight is 396 g/mol. The van der Waals surface area contributed by atoms with Crippen LogP contribution in [0.2, 0.25) is 0 Å². The van der Waals surface area contributed by atoms with Crippen molar-refractivity contribution in [3.8, 4) is 0 Å². The average Bonchev–Trinajstić information content (AvgIpc) is 3.15. The molecular formula is C21H33O5P. The fraction of sp³-hybridized carbons (Fsp3) is 0.667. The number of ether oxygens (including phenoxy) is 1. The molecule has 3 unspecified atom stereocenters. The predicted octanol–water partition coefficient (Wildman–Crippen LogP) is 5.10. The summed E-state index contributed by atoms with van der Waals surface area (Å²) in [6.45, 7) is 3.90. The highest BCUT2D eigenvalue weighted by atomic mass is 31.2. The van der Waals surface area contributed by atoms with Crippen LogP contribution in [0.25, 0.3) is 0 Å². The lowest BCUT2D eigenvalue weighted by molar-refractivity contribution is 0.143. The minimum absolute atomic E-state index is 0.0111. The molecule has 0 saturated heterocycles. The molecule has 1 aliphatic carbocycles. The maximum absolute atomic E-state index is 11.3. The highest BCUT2D eigenvalue weighted by molar-refractivity contribution is 7.68. The Morgan fingerprint density at radius 2 is 1.89 bits per heavy atom. The van der Waals surface area contributed by atoms with E-state index < -0.39 is 7.60 Å². The predicted molar refractivity (Wildman–Crippen MR) is 108 cm³/mol. The molecule has 1 N–H and O–H groups in total.